The molecule has 8 heteroatoms. The molecular formula is C14H24N6O2. The summed E-state index contributed by atoms with van der Waals surface area (Å²) >= 11 is 0. The number of hydrogen-bond acceptors (Lipinski definition) is 4. The fourth-order valence-corrected chi connectivity index (χ4v) is 2.26. The minimum absolute atomic E-state index is 0.0420. The summed E-state index contributed by atoms with van der Waals surface area (Å²) in [6, 6.07) is 1.53. The summed E-state index contributed by atoms with van der Waals surface area (Å²) in [5, 5.41) is 16.0. The maximum Gasteiger partial charge on any atom is 0.320 e. The predicted molar refractivity (Wildman–Crippen MR) is 83.2 cm³/mol. The van der Waals surface area contributed by atoms with E-state index in [0.717, 1.165) is 5.69 Å². The molecule has 2 unspecified atom stereocenters. The van der Waals surface area contributed by atoms with Crippen molar-refractivity contribution in [3.63, 3.8) is 0 Å². The number of anilines is 1. The highest BCUT2D eigenvalue weighted by molar-refractivity contribution is 5.88. The van der Waals surface area contributed by atoms with Gasteiger partial charge in [0.2, 0.25) is 5.91 Å². The van der Waals surface area contributed by atoms with Crippen LogP contribution in [0.25, 0.3) is 0 Å². The zero-order valence-electron chi connectivity index (χ0n) is 13.4. The fraction of sp³-hybridized carbons (Fsp3) is 0.643. The predicted octanol–water partition coefficient (Wildman–Crippen LogP) is 0.923. The molecule has 1 aromatic rings. The third kappa shape index (κ3) is 4.20. The molecule has 1 fully saturated rings. The van der Waals surface area contributed by atoms with E-state index in [0.29, 0.717) is 24.7 Å². The number of nitrogens with one attached hydrogen (secondary N) is 4. The monoisotopic (exact) mass is 308 g/mol. The third-order valence-corrected chi connectivity index (χ3v) is 3.25. The second-order valence-electron chi connectivity index (χ2n) is 6.09. The van der Waals surface area contributed by atoms with Crippen molar-refractivity contribution < 1.29 is 9.59 Å². The first-order chi connectivity index (χ1) is 10.3. The van der Waals surface area contributed by atoms with Crippen molar-refractivity contribution in [2.24, 2.45) is 5.92 Å². The van der Waals surface area contributed by atoms with Crippen molar-refractivity contribution in [3.8, 4) is 0 Å². The van der Waals surface area contributed by atoms with Crippen LogP contribution in [0.3, 0.4) is 0 Å². The highest BCUT2D eigenvalue weighted by Crippen LogP contribution is 2.17. The maximum absolute atomic E-state index is 11.9. The topological polar surface area (TPSA) is 100 Å². The Morgan fingerprint density at radius 3 is 2.91 bits per heavy atom. The Labute approximate surface area is 130 Å². The van der Waals surface area contributed by atoms with Gasteiger partial charge in [0.15, 0.2) is 6.29 Å². The maximum atomic E-state index is 11.9. The summed E-state index contributed by atoms with van der Waals surface area (Å²) in [7, 11) is 0. The largest absolute Gasteiger partial charge is 0.338 e. The van der Waals surface area contributed by atoms with Crippen molar-refractivity contribution >= 4 is 17.8 Å². The van der Waals surface area contributed by atoms with Crippen LogP contribution in [0.15, 0.2) is 6.07 Å². The molecular weight excluding hydrogens is 284 g/mol. The van der Waals surface area contributed by atoms with Gasteiger partial charge in [-0.15, -0.1) is 0 Å². The van der Waals surface area contributed by atoms with Crippen LogP contribution >= 0.6 is 0 Å². The van der Waals surface area contributed by atoms with Crippen LogP contribution in [0.2, 0.25) is 0 Å². The van der Waals surface area contributed by atoms with E-state index in [9.17, 15) is 9.59 Å². The van der Waals surface area contributed by atoms with Gasteiger partial charge in [0, 0.05) is 25.1 Å². The van der Waals surface area contributed by atoms with Gasteiger partial charge in [-0.3, -0.25) is 15.4 Å². The number of carbonyl (C=O) groups excluding carboxylic acids is 2. The number of carbonyl (C=O) groups is 2. The Morgan fingerprint density at radius 2 is 2.27 bits per heavy atom. The molecule has 2 atom stereocenters. The van der Waals surface area contributed by atoms with Gasteiger partial charge in [0.25, 0.3) is 0 Å². The smallest absolute Gasteiger partial charge is 0.320 e. The number of aromatic nitrogens is 2. The normalized spacial score (nSPS) is 21.6. The molecule has 0 radical (unpaired) electrons. The zero-order chi connectivity index (χ0) is 16.3. The van der Waals surface area contributed by atoms with Crippen LogP contribution in [0, 0.1) is 12.8 Å². The second kappa shape index (κ2) is 6.78. The Bertz CT molecular complexity index is 554. The lowest BCUT2D eigenvalue weighted by Crippen LogP contribution is -2.52. The second-order valence-corrected chi connectivity index (χ2v) is 6.09. The summed E-state index contributed by atoms with van der Waals surface area (Å²) in [6.45, 7) is 8.41. The summed E-state index contributed by atoms with van der Waals surface area (Å²) in [6.07, 6.45) is -0.0423. The summed E-state index contributed by atoms with van der Waals surface area (Å²) in [4.78, 5) is 23.6. The first-order valence-corrected chi connectivity index (χ1v) is 7.51. The van der Waals surface area contributed by atoms with Crippen LogP contribution in [0.4, 0.5) is 10.6 Å². The molecule has 1 aliphatic heterocycles. The van der Waals surface area contributed by atoms with Crippen molar-refractivity contribution in [2.75, 3.05) is 11.9 Å². The zero-order valence-corrected chi connectivity index (χ0v) is 13.4. The highest BCUT2D eigenvalue weighted by atomic mass is 16.2. The Hall–Kier alpha value is -2.09. The molecule has 8 nitrogen and oxygen atoms in total. The van der Waals surface area contributed by atoms with Gasteiger partial charge < -0.3 is 10.6 Å². The van der Waals surface area contributed by atoms with Gasteiger partial charge in [-0.1, -0.05) is 13.8 Å². The van der Waals surface area contributed by atoms with E-state index in [1.165, 1.54) is 0 Å². The summed E-state index contributed by atoms with van der Waals surface area (Å²) < 4.78 is 1.58. The van der Waals surface area contributed by atoms with Crippen molar-refractivity contribution in [2.45, 2.75) is 46.4 Å². The summed E-state index contributed by atoms with van der Waals surface area (Å²) in [5.74, 6) is 0.864. The molecule has 0 saturated carbocycles. The Kier molecular flexibility index (Phi) is 5.02. The van der Waals surface area contributed by atoms with Gasteiger partial charge in [0.1, 0.15) is 5.82 Å². The minimum atomic E-state index is -0.467. The number of aryl methyl sites for hydroxylation is 1. The van der Waals surface area contributed by atoms with E-state index in [-0.39, 0.29) is 18.0 Å². The molecule has 0 spiro atoms. The Morgan fingerprint density at radius 1 is 1.55 bits per heavy atom. The number of amides is 3. The van der Waals surface area contributed by atoms with E-state index in [1.54, 1.807) is 10.7 Å². The molecule has 0 aliphatic carbocycles. The third-order valence-electron chi connectivity index (χ3n) is 3.25. The van der Waals surface area contributed by atoms with Crippen LogP contribution < -0.4 is 21.3 Å². The lowest BCUT2D eigenvalue weighted by Gasteiger charge is -2.30. The van der Waals surface area contributed by atoms with Crippen molar-refractivity contribution in [1.29, 1.82) is 0 Å². The molecule has 1 aromatic heterocycles. The van der Waals surface area contributed by atoms with E-state index >= 15 is 0 Å². The first-order valence-electron chi connectivity index (χ1n) is 7.51. The minimum Gasteiger partial charge on any atom is -0.338 e. The first kappa shape index (κ1) is 16.3. The quantitative estimate of drug-likeness (QED) is 0.664. The van der Waals surface area contributed by atoms with Gasteiger partial charge in [-0.05, 0) is 19.8 Å². The van der Waals surface area contributed by atoms with E-state index in [4.69, 9.17) is 0 Å². The molecule has 1 aliphatic rings. The number of nitrogens with zero attached hydrogens (tertiary/aromatic N) is 2. The van der Waals surface area contributed by atoms with Crippen LogP contribution in [0.5, 0.6) is 0 Å². The molecule has 0 aromatic carbocycles. The van der Waals surface area contributed by atoms with Crippen LogP contribution in [0.1, 0.15) is 39.2 Å². The van der Waals surface area contributed by atoms with E-state index in [1.807, 2.05) is 27.7 Å². The van der Waals surface area contributed by atoms with Gasteiger partial charge >= 0.3 is 6.03 Å². The van der Waals surface area contributed by atoms with Gasteiger partial charge in [0.05, 0.1) is 5.69 Å². The van der Waals surface area contributed by atoms with Crippen LogP contribution in [-0.2, 0) is 4.79 Å². The van der Waals surface area contributed by atoms with Crippen LogP contribution in [-0.4, -0.2) is 34.3 Å². The average Bonchev–Trinajstić information content (AvgIpc) is 2.76. The molecule has 22 heavy (non-hydrogen) atoms. The van der Waals surface area contributed by atoms with Crippen molar-refractivity contribution in [3.05, 3.63) is 11.8 Å². The number of urea groups is 1. The molecule has 122 valence electrons. The number of hydrogen-bond donors (Lipinski definition) is 4. The van der Waals surface area contributed by atoms with E-state index < -0.39 is 6.29 Å². The number of rotatable bonds is 4. The standard InChI is InChI=1S/C14H24N6O2/c1-8(2)7-15-14(22)17-11-5-10(4)19-20(11)13-16-9(3)6-12(21)18-13/h5,8-9,13,16H,6-7H2,1-4H3,(H,18,21)(H2,15,17,22). The molecule has 1 saturated heterocycles. The average molecular weight is 308 g/mol. The Balaban J connectivity index is 2.09. The van der Waals surface area contributed by atoms with E-state index in [2.05, 4.69) is 26.4 Å². The molecule has 3 amide bonds. The molecule has 2 rings (SSSR count). The molecule has 0 bridgehead atoms. The molecule has 2 heterocycles. The fourth-order valence-electron chi connectivity index (χ4n) is 2.26. The molecule has 4 N–H and O–H groups in total. The van der Waals surface area contributed by atoms with Gasteiger partial charge in [-0.2, -0.15) is 5.10 Å². The van der Waals surface area contributed by atoms with Gasteiger partial charge in [-0.25, -0.2) is 9.48 Å². The highest BCUT2D eigenvalue weighted by Gasteiger charge is 2.26. The SMILES string of the molecule is Cc1cc(NC(=O)NCC(C)C)n(C2NC(=O)CC(C)N2)n1. The summed E-state index contributed by atoms with van der Waals surface area (Å²) in [5.41, 5.74) is 0.758. The van der Waals surface area contributed by atoms with Crippen molar-refractivity contribution in [1.82, 2.24) is 25.7 Å². The lowest BCUT2D eigenvalue weighted by molar-refractivity contribution is -0.125. The lowest BCUT2D eigenvalue weighted by atomic mass is 10.2.